The standard InChI is InChI=1S/C23H27N3O4S/c1-2-19-23(29)26(15-22(28)25-10-4-3-5-11-25)18-13-16(8-9-20(18)30-19)24-21(27)14-17-7-6-12-31-17/h6-9,12-13,19H,2-5,10-11,14-15H2,1H3,(H,24,27). The summed E-state index contributed by atoms with van der Waals surface area (Å²) in [4.78, 5) is 42.6. The monoisotopic (exact) mass is 441 g/mol. The predicted octanol–water partition coefficient (Wildman–Crippen LogP) is 3.45. The van der Waals surface area contributed by atoms with E-state index in [9.17, 15) is 14.4 Å². The van der Waals surface area contributed by atoms with Gasteiger partial charge in [0, 0.05) is 23.7 Å². The number of thiophene rings is 1. The molecule has 1 aromatic heterocycles. The van der Waals surface area contributed by atoms with Gasteiger partial charge in [-0.2, -0.15) is 0 Å². The molecule has 3 amide bonds. The topological polar surface area (TPSA) is 79.0 Å². The summed E-state index contributed by atoms with van der Waals surface area (Å²) in [5.41, 5.74) is 1.09. The molecule has 2 aliphatic heterocycles. The maximum absolute atomic E-state index is 13.0. The molecule has 1 saturated heterocycles. The number of rotatable bonds is 6. The smallest absolute Gasteiger partial charge is 0.268 e. The molecule has 2 aliphatic rings. The van der Waals surface area contributed by atoms with Crippen LogP contribution in [0, 0.1) is 0 Å². The zero-order valence-electron chi connectivity index (χ0n) is 17.6. The second-order valence-electron chi connectivity index (χ2n) is 7.87. The first-order valence-corrected chi connectivity index (χ1v) is 11.6. The molecule has 1 fully saturated rings. The van der Waals surface area contributed by atoms with Crippen molar-refractivity contribution in [2.75, 3.05) is 29.9 Å². The molecule has 0 aliphatic carbocycles. The predicted molar refractivity (Wildman–Crippen MR) is 121 cm³/mol. The van der Waals surface area contributed by atoms with E-state index in [1.807, 2.05) is 29.3 Å². The number of nitrogens with one attached hydrogen (secondary N) is 1. The molecular formula is C23H27N3O4S. The van der Waals surface area contributed by atoms with E-state index in [-0.39, 0.29) is 24.3 Å². The SMILES string of the molecule is CCC1Oc2ccc(NC(=O)Cc3cccs3)cc2N(CC(=O)N2CCCCC2)C1=O. The highest BCUT2D eigenvalue weighted by atomic mass is 32.1. The van der Waals surface area contributed by atoms with Gasteiger partial charge in [0.2, 0.25) is 11.8 Å². The molecule has 0 bridgehead atoms. The first kappa shape index (κ1) is 21.4. The highest BCUT2D eigenvalue weighted by Gasteiger charge is 2.35. The molecular weight excluding hydrogens is 414 g/mol. The number of hydrogen-bond donors (Lipinski definition) is 1. The van der Waals surface area contributed by atoms with Crippen LogP contribution in [-0.2, 0) is 20.8 Å². The largest absolute Gasteiger partial charge is 0.478 e. The third-order valence-corrected chi connectivity index (χ3v) is 6.51. The van der Waals surface area contributed by atoms with Gasteiger partial charge in [0.15, 0.2) is 6.10 Å². The Kier molecular flexibility index (Phi) is 6.56. The van der Waals surface area contributed by atoms with Crippen molar-refractivity contribution in [3.63, 3.8) is 0 Å². The van der Waals surface area contributed by atoms with E-state index in [1.165, 1.54) is 16.2 Å². The lowest BCUT2D eigenvalue weighted by Gasteiger charge is -2.36. The Bertz CT molecular complexity index is 954. The molecule has 0 saturated carbocycles. The van der Waals surface area contributed by atoms with Crippen molar-refractivity contribution in [2.24, 2.45) is 0 Å². The molecule has 4 rings (SSSR count). The molecule has 0 radical (unpaired) electrons. The Labute approximate surface area is 186 Å². The van der Waals surface area contributed by atoms with Crippen LogP contribution in [0.1, 0.15) is 37.5 Å². The summed E-state index contributed by atoms with van der Waals surface area (Å²) in [6.07, 6.45) is 3.33. The zero-order valence-corrected chi connectivity index (χ0v) is 18.5. The molecule has 31 heavy (non-hydrogen) atoms. The van der Waals surface area contributed by atoms with Crippen LogP contribution >= 0.6 is 11.3 Å². The van der Waals surface area contributed by atoms with Gasteiger partial charge in [-0.15, -0.1) is 11.3 Å². The second-order valence-corrected chi connectivity index (χ2v) is 8.90. The first-order valence-electron chi connectivity index (χ1n) is 10.8. The normalized spacial score (nSPS) is 18.4. The highest BCUT2D eigenvalue weighted by molar-refractivity contribution is 7.10. The molecule has 1 N–H and O–H groups in total. The molecule has 1 unspecified atom stereocenters. The summed E-state index contributed by atoms with van der Waals surface area (Å²) in [5, 5.41) is 4.82. The maximum Gasteiger partial charge on any atom is 0.268 e. The van der Waals surface area contributed by atoms with Crippen molar-refractivity contribution >= 4 is 40.4 Å². The molecule has 1 aromatic carbocycles. The zero-order chi connectivity index (χ0) is 21.8. The number of likely N-dealkylation sites (tertiary alicyclic amines) is 1. The third kappa shape index (κ3) is 4.90. The van der Waals surface area contributed by atoms with Crippen LogP contribution in [0.3, 0.4) is 0 Å². The van der Waals surface area contributed by atoms with Gasteiger partial charge in [-0.1, -0.05) is 13.0 Å². The number of amides is 3. The van der Waals surface area contributed by atoms with Crippen LogP contribution in [-0.4, -0.2) is 48.4 Å². The summed E-state index contributed by atoms with van der Waals surface area (Å²) in [5.74, 6) is 0.146. The minimum Gasteiger partial charge on any atom is -0.478 e. The fraction of sp³-hybridized carbons (Fsp3) is 0.435. The van der Waals surface area contributed by atoms with Gasteiger partial charge in [-0.05, 0) is 55.3 Å². The number of carbonyl (C=O) groups excluding carboxylic acids is 3. The van der Waals surface area contributed by atoms with Crippen molar-refractivity contribution in [2.45, 2.75) is 45.1 Å². The molecule has 164 valence electrons. The molecule has 1 atom stereocenters. The number of benzene rings is 1. The van der Waals surface area contributed by atoms with Crippen molar-refractivity contribution in [1.29, 1.82) is 0 Å². The molecule has 0 spiro atoms. The van der Waals surface area contributed by atoms with Gasteiger partial charge >= 0.3 is 0 Å². The number of piperidine rings is 1. The van der Waals surface area contributed by atoms with Crippen molar-refractivity contribution in [3.05, 3.63) is 40.6 Å². The highest BCUT2D eigenvalue weighted by Crippen LogP contribution is 2.37. The van der Waals surface area contributed by atoms with Crippen molar-refractivity contribution in [3.8, 4) is 5.75 Å². The summed E-state index contributed by atoms with van der Waals surface area (Å²) in [6, 6.07) is 9.07. The van der Waals surface area contributed by atoms with Gasteiger partial charge in [-0.25, -0.2) is 0 Å². The lowest BCUT2D eigenvalue weighted by atomic mass is 10.1. The van der Waals surface area contributed by atoms with Crippen LogP contribution in [0.25, 0.3) is 0 Å². The van der Waals surface area contributed by atoms with E-state index < -0.39 is 6.10 Å². The van der Waals surface area contributed by atoms with Gasteiger partial charge in [-0.3, -0.25) is 19.3 Å². The third-order valence-electron chi connectivity index (χ3n) is 5.63. The fourth-order valence-electron chi connectivity index (χ4n) is 3.98. The molecule has 2 aromatic rings. The maximum atomic E-state index is 13.0. The number of nitrogens with zero attached hydrogens (tertiary/aromatic N) is 2. The number of fused-ring (bicyclic) bond motifs is 1. The quantitative estimate of drug-likeness (QED) is 0.745. The fourth-order valence-corrected chi connectivity index (χ4v) is 4.68. The second kappa shape index (κ2) is 9.51. The van der Waals surface area contributed by atoms with E-state index >= 15 is 0 Å². The van der Waals surface area contributed by atoms with Gasteiger partial charge < -0.3 is 15.0 Å². The van der Waals surface area contributed by atoms with Crippen LogP contribution in [0.4, 0.5) is 11.4 Å². The molecule has 3 heterocycles. The average Bonchev–Trinajstić information content (AvgIpc) is 3.29. The van der Waals surface area contributed by atoms with E-state index in [0.717, 1.165) is 37.2 Å². The molecule has 8 heteroatoms. The number of carbonyl (C=O) groups is 3. The van der Waals surface area contributed by atoms with Crippen LogP contribution in [0.2, 0.25) is 0 Å². The Morgan fingerprint density at radius 3 is 2.71 bits per heavy atom. The minimum absolute atomic E-state index is 0.0156. The van der Waals surface area contributed by atoms with Gasteiger partial charge in [0.05, 0.1) is 12.1 Å². The van der Waals surface area contributed by atoms with E-state index in [2.05, 4.69) is 5.32 Å². The Hall–Kier alpha value is -2.87. The van der Waals surface area contributed by atoms with Crippen LogP contribution in [0.5, 0.6) is 5.75 Å². The summed E-state index contributed by atoms with van der Waals surface area (Å²) in [7, 11) is 0. The van der Waals surface area contributed by atoms with E-state index in [0.29, 0.717) is 30.0 Å². The number of ether oxygens (including phenoxy) is 1. The number of anilines is 2. The van der Waals surface area contributed by atoms with E-state index in [1.54, 1.807) is 18.2 Å². The Morgan fingerprint density at radius 2 is 2.00 bits per heavy atom. The van der Waals surface area contributed by atoms with E-state index in [4.69, 9.17) is 4.74 Å². The first-order chi connectivity index (χ1) is 15.0. The lowest BCUT2D eigenvalue weighted by molar-refractivity contribution is -0.134. The van der Waals surface area contributed by atoms with Crippen molar-refractivity contribution < 1.29 is 19.1 Å². The average molecular weight is 442 g/mol. The summed E-state index contributed by atoms with van der Waals surface area (Å²) in [6.45, 7) is 3.34. The summed E-state index contributed by atoms with van der Waals surface area (Å²) >= 11 is 1.53. The van der Waals surface area contributed by atoms with Crippen LogP contribution < -0.4 is 15.0 Å². The van der Waals surface area contributed by atoms with Gasteiger partial charge in [0.1, 0.15) is 12.3 Å². The van der Waals surface area contributed by atoms with Crippen molar-refractivity contribution in [1.82, 2.24) is 4.90 Å². The summed E-state index contributed by atoms with van der Waals surface area (Å²) < 4.78 is 5.87. The molecule has 7 nitrogen and oxygen atoms in total. The lowest BCUT2D eigenvalue weighted by Crippen LogP contribution is -2.51. The minimum atomic E-state index is -0.610. The number of hydrogen-bond acceptors (Lipinski definition) is 5. The Morgan fingerprint density at radius 1 is 1.19 bits per heavy atom. The van der Waals surface area contributed by atoms with Crippen LogP contribution in [0.15, 0.2) is 35.7 Å². The van der Waals surface area contributed by atoms with Gasteiger partial charge in [0.25, 0.3) is 5.91 Å². The Balaban J connectivity index is 1.54.